The largest absolute Gasteiger partial charge is 0.508 e. The molecular weight excluding hydrogens is 449 g/mol. The van der Waals surface area contributed by atoms with Crippen molar-refractivity contribution in [1.82, 2.24) is 4.90 Å². The quantitative estimate of drug-likeness (QED) is 0.450. The van der Waals surface area contributed by atoms with E-state index in [1.165, 1.54) is 6.07 Å². The molecule has 1 aliphatic carbocycles. The summed E-state index contributed by atoms with van der Waals surface area (Å²) in [5, 5.41) is 10.2. The summed E-state index contributed by atoms with van der Waals surface area (Å²) >= 11 is 0. The van der Waals surface area contributed by atoms with E-state index in [-0.39, 0.29) is 11.3 Å². The first-order valence-corrected chi connectivity index (χ1v) is 12.1. The Labute approximate surface area is 204 Å². The minimum atomic E-state index is -1.47. The number of phenolic OH excluding ortho intramolecular Hbond substituents is 1. The Morgan fingerprint density at radius 1 is 0.771 bits per heavy atom. The van der Waals surface area contributed by atoms with Crippen molar-refractivity contribution >= 4 is 16.8 Å². The minimum absolute atomic E-state index is 0.0572. The molecule has 0 unspecified atom stereocenters. The number of hydrogen-bond donors (Lipinski definition) is 1. The average Bonchev–Trinajstić information content (AvgIpc) is 2.87. The van der Waals surface area contributed by atoms with Crippen LogP contribution in [0.1, 0.15) is 42.5 Å². The number of fused-ring (bicyclic) bond motifs is 1. The fraction of sp³-hybridized carbons (Fsp3) is 0.310. The van der Waals surface area contributed by atoms with Gasteiger partial charge < -0.3 is 10.0 Å². The van der Waals surface area contributed by atoms with Crippen LogP contribution in [0.4, 0.5) is 18.9 Å². The molecule has 182 valence electrons. The molecular formula is C29H29F3N2O. The number of hydrogen-bond acceptors (Lipinski definition) is 3. The molecule has 2 aliphatic rings. The summed E-state index contributed by atoms with van der Waals surface area (Å²) in [5.41, 5.74) is 5.18. The first kappa shape index (κ1) is 23.5. The van der Waals surface area contributed by atoms with E-state index in [1.807, 2.05) is 18.2 Å². The van der Waals surface area contributed by atoms with E-state index in [9.17, 15) is 18.3 Å². The zero-order valence-corrected chi connectivity index (χ0v) is 20.0. The SMILES string of the molecule is CC(C)N1CCN(c2ccc(C3=C(c4ccc(F)c(F)c4F)CCc4ccc(O)cc43)cc2)CC1. The van der Waals surface area contributed by atoms with Crippen LogP contribution in [-0.2, 0) is 6.42 Å². The fourth-order valence-corrected chi connectivity index (χ4v) is 5.26. The maximum atomic E-state index is 14.9. The molecule has 35 heavy (non-hydrogen) atoms. The van der Waals surface area contributed by atoms with Gasteiger partial charge in [-0.2, -0.15) is 0 Å². The summed E-state index contributed by atoms with van der Waals surface area (Å²) in [6, 6.07) is 16.1. The molecule has 1 N–H and O–H groups in total. The van der Waals surface area contributed by atoms with Gasteiger partial charge >= 0.3 is 0 Å². The van der Waals surface area contributed by atoms with Crippen molar-refractivity contribution in [2.24, 2.45) is 0 Å². The standard InChI is InChI=1S/C29H29F3N2O/c1-18(2)33-13-15-34(16-14-33)21-7-3-20(4-8-21)27-23(24-11-12-26(30)29(32)28(24)31)10-6-19-5-9-22(35)17-25(19)27/h3-5,7-9,11-12,17-18,35H,6,10,13-16H2,1-2H3. The molecule has 0 radical (unpaired) electrons. The summed E-state index contributed by atoms with van der Waals surface area (Å²) in [7, 11) is 0. The van der Waals surface area contributed by atoms with Gasteiger partial charge in [-0.25, -0.2) is 13.2 Å². The van der Waals surface area contributed by atoms with Gasteiger partial charge in [0.25, 0.3) is 0 Å². The third-order valence-electron chi connectivity index (χ3n) is 7.23. The van der Waals surface area contributed by atoms with Gasteiger partial charge in [0.15, 0.2) is 17.5 Å². The van der Waals surface area contributed by atoms with E-state index < -0.39 is 17.5 Å². The Morgan fingerprint density at radius 3 is 2.17 bits per heavy atom. The lowest BCUT2D eigenvalue weighted by molar-refractivity contribution is 0.209. The number of benzene rings is 3. The second kappa shape index (κ2) is 9.42. The number of nitrogens with zero attached hydrogens (tertiary/aromatic N) is 2. The van der Waals surface area contributed by atoms with Crippen molar-refractivity contribution in [2.45, 2.75) is 32.7 Å². The minimum Gasteiger partial charge on any atom is -0.508 e. The molecule has 0 atom stereocenters. The molecule has 6 heteroatoms. The summed E-state index contributed by atoms with van der Waals surface area (Å²) < 4.78 is 42.7. The fourth-order valence-electron chi connectivity index (χ4n) is 5.26. The van der Waals surface area contributed by atoms with E-state index in [2.05, 4.69) is 35.8 Å². The van der Waals surface area contributed by atoms with Crippen LogP contribution in [0.3, 0.4) is 0 Å². The topological polar surface area (TPSA) is 26.7 Å². The Hall–Kier alpha value is -3.25. The van der Waals surface area contributed by atoms with Crippen molar-refractivity contribution in [3.8, 4) is 5.75 Å². The van der Waals surface area contributed by atoms with Gasteiger partial charge in [0, 0.05) is 43.5 Å². The Bertz CT molecular complexity index is 1280. The van der Waals surface area contributed by atoms with Crippen molar-refractivity contribution < 1.29 is 18.3 Å². The summed E-state index contributed by atoms with van der Waals surface area (Å²) in [6.45, 7) is 8.34. The highest BCUT2D eigenvalue weighted by atomic mass is 19.2. The number of anilines is 1. The highest BCUT2D eigenvalue weighted by molar-refractivity contribution is 6.01. The number of aromatic hydroxyl groups is 1. The second-order valence-corrected chi connectivity index (χ2v) is 9.58. The van der Waals surface area contributed by atoms with Crippen LogP contribution >= 0.6 is 0 Å². The van der Waals surface area contributed by atoms with Gasteiger partial charge in [0.05, 0.1) is 0 Å². The molecule has 1 heterocycles. The van der Waals surface area contributed by atoms with Crippen molar-refractivity contribution in [3.05, 3.63) is 94.3 Å². The van der Waals surface area contributed by atoms with Crippen LogP contribution in [0.15, 0.2) is 54.6 Å². The Kier molecular flexibility index (Phi) is 6.32. The summed E-state index contributed by atoms with van der Waals surface area (Å²) in [6.07, 6.45) is 1.10. The van der Waals surface area contributed by atoms with Crippen LogP contribution in [-0.4, -0.2) is 42.2 Å². The third-order valence-corrected chi connectivity index (χ3v) is 7.23. The molecule has 5 rings (SSSR count). The number of phenols is 1. The predicted octanol–water partition coefficient (Wildman–Crippen LogP) is 6.25. The van der Waals surface area contributed by atoms with Gasteiger partial charge in [0.1, 0.15) is 5.75 Å². The van der Waals surface area contributed by atoms with Gasteiger partial charge in [-0.1, -0.05) is 18.2 Å². The lowest BCUT2D eigenvalue weighted by Crippen LogP contribution is -2.48. The van der Waals surface area contributed by atoms with Crippen LogP contribution < -0.4 is 4.90 Å². The smallest absolute Gasteiger partial charge is 0.195 e. The van der Waals surface area contributed by atoms with Gasteiger partial charge in [-0.15, -0.1) is 0 Å². The van der Waals surface area contributed by atoms with Gasteiger partial charge in [0.2, 0.25) is 0 Å². The van der Waals surface area contributed by atoms with E-state index in [0.717, 1.165) is 60.2 Å². The zero-order valence-electron chi connectivity index (χ0n) is 20.0. The molecule has 0 amide bonds. The number of piperazine rings is 1. The molecule has 3 aromatic carbocycles. The maximum absolute atomic E-state index is 14.9. The monoisotopic (exact) mass is 478 g/mol. The third kappa shape index (κ3) is 4.43. The maximum Gasteiger partial charge on any atom is 0.195 e. The Morgan fingerprint density at radius 2 is 1.49 bits per heavy atom. The predicted molar refractivity (Wildman–Crippen MR) is 134 cm³/mol. The highest BCUT2D eigenvalue weighted by Crippen LogP contribution is 2.43. The molecule has 1 aliphatic heterocycles. The summed E-state index contributed by atoms with van der Waals surface area (Å²) in [5.74, 6) is -3.75. The van der Waals surface area contributed by atoms with Gasteiger partial charge in [-0.05, 0) is 90.9 Å². The molecule has 3 nitrogen and oxygen atoms in total. The zero-order chi connectivity index (χ0) is 24.7. The second-order valence-electron chi connectivity index (χ2n) is 9.58. The van der Waals surface area contributed by atoms with E-state index in [1.54, 1.807) is 12.1 Å². The average molecular weight is 479 g/mol. The molecule has 0 bridgehead atoms. The number of halogens is 3. The first-order chi connectivity index (χ1) is 16.8. The van der Waals surface area contributed by atoms with E-state index >= 15 is 0 Å². The first-order valence-electron chi connectivity index (χ1n) is 12.1. The highest BCUT2D eigenvalue weighted by Gasteiger charge is 2.26. The van der Waals surface area contributed by atoms with Crippen molar-refractivity contribution in [1.29, 1.82) is 0 Å². The number of rotatable bonds is 4. The van der Waals surface area contributed by atoms with E-state index in [0.29, 0.717) is 24.5 Å². The summed E-state index contributed by atoms with van der Waals surface area (Å²) in [4.78, 5) is 4.82. The molecule has 0 aromatic heterocycles. The Balaban J connectivity index is 1.57. The molecule has 0 saturated carbocycles. The van der Waals surface area contributed by atoms with Crippen LogP contribution in [0.25, 0.3) is 11.1 Å². The number of aryl methyl sites for hydroxylation is 1. The van der Waals surface area contributed by atoms with E-state index in [4.69, 9.17) is 0 Å². The lowest BCUT2D eigenvalue weighted by atomic mass is 9.79. The van der Waals surface area contributed by atoms with Crippen molar-refractivity contribution in [2.75, 3.05) is 31.1 Å². The van der Waals surface area contributed by atoms with Crippen LogP contribution in [0, 0.1) is 17.5 Å². The van der Waals surface area contributed by atoms with Gasteiger partial charge in [-0.3, -0.25) is 4.90 Å². The van der Waals surface area contributed by atoms with Crippen LogP contribution in [0.2, 0.25) is 0 Å². The molecule has 1 fully saturated rings. The molecule has 1 saturated heterocycles. The molecule has 3 aromatic rings. The molecule has 0 spiro atoms. The lowest BCUT2D eigenvalue weighted by Gasteiger charge is -2.38. The normalized spacial score (nSPS) is 16.7. The van der Waals surface area contributed by atoms with Crippen LogP contribution in [0.5, 0.6) is 5.75 Å². The number of allylic oxidation sites excluding steroid dienone is 1. The van der Waals surface area contributed by atoms with Crippen molar-refractivity contribution in [3.63, 3.8) is 0 Å².